The smallest absolute Gasteiger partial charge is 0.245 e. The van der Waals surface area contributed by atoms with E-state index in [4.69, 9.17) is 23.2 Å². The highest BCUT2D eigenvalue weighted by molar-refractivity contribution is 6.33. The van der Waals surface area contributed by atoms with E-state index in [2.05, 4.69) is 10.2 Å². The first-order valence-electron chi connectivity index (χ1n) is 9.69. The summed E-state index contributed by atoms with van der Waals surface area (Å²) in [4.78, 5) is 15.3. The Morgan fingerprint density at radius 2 is 1.67 bits per heavy atom. The number of H-pyrrole nitrogens is 1. The minimum Gasteiger partial charge on any atom is -0.299 e. The van der Waals surface area contributed by atoms with Crippen LogP contribution in [0.5, 0.6) is 0 Å². The zero-order chi connectivity index (χ0) is 21.3. The van der Waals surface area contributed by atoms with Crippen LogP contribution in [0.15, 0.2) is 72.8 Å². The topological polar surface area (TPSA) is 49.0 Å². The van der Waals surface area contributed by atoms with Gasteiger partial charge in [-0.3, -0.25) is 14.8 Å². The van der Waals surface area contributed by atoms with Crippen LogP contribution in [0.25, 0.3) is 10.8 Å². The van der Waals surface area contributed by atoms with Gasteiger partial charge in [0.2, 0.25) is 5.91 Å². The number of aromatic amines is 1. The second-order valence-electron chi connectivity index (χ2n) is 7.19. The van der Waals surface area contributed by atoms with Crippen LogP contribution in [0.3, 0.4) is 0 Å². The average molecular weight is 438 g/mol. The Hall–Kier alpha value is -2.82. The van der Waals surface area contributed by atoms with E-state index in [9.17, 15) is 4.79 Å². The fourth-order valence-corrected chi connectivity index (χ4v) is 4.19. The van der Waals surface area contributed by atoms with Gasteiger partial charge in [-0.2, -0.15) is 5.10 Å². The second-order valence-corrected chi connectivity index (χ2v) is 8.20. The Balaban J connectivity index is 2.03. The van der Waals surface area contributed by atoms with E-state index in [-0.39, 0.29) is 5.91 Å². The molecule has 0 aliphatic rings. The number of halogens is 2. The van der Waals surface area contributed by atoms with Crippen molar-refractivity contribution in [3.8, 4) is 0 Å². The van der Waals surface area contributed by atoms with E-state index in [1.54, 1.807) is 11.8 Å². The third-order valence-corrected chi connectivity index (χ3v) is 5.67. The summed E-state index contributed by atoms with van der Waals surface area (Å²) in [5.74, 6) is -0.210. The molecule has 152 valence electrons. The van der Waals surface area contributed by atoms with E-state index in [0.717, 1.165) is 33.3 Å². The number of carbonyl (C=O) groups is 1. The van der Waals surface area contributed by atoms with E-state index in [1.807, 2.05) is 79.7 Å². The van der Waals surface area contributed by atoms with Crippen LogP contribution in [0.4, 0.5) is 5.69 Å². The number of fused-ring (bicyclic) bond motifs is 1. The van der Waals surface area contributed by atoms with Crippen molar-refractivity contribution in [2.24, 2.45) is 0 Å². The number of rotatable bonds is 5. The Morgan fingerprint density at radius 3 is 2.33 bits per heavy atom. The van der Waals surface area contributed by atoms with Crippen LogP contribution in [-0.4, -0.2) is 21.5 Å². The molecule has 1 N–H and O–H groups in total. The largest absolute Gasteiger partial charge is 0.299 e. The van der Waals surface area contributed by atoms with Gasteiger partial charge >= 0.3 is 0 Å². The van der Waals surface area contributed by atoms with Crippen molar-refractivity contribution in [2.45, 2.75) is 25.3 Å². The van der Waals surface area contributed by atoms with E-state index >= 15 is 0 Å². The highest BCUT2D eigenvalue weighted by Crippen LogP contribution is 2.40. The lowest BCUT2D eigenvalue weighted by atomic mass is 9.95. The molecule has 0 saturated heterocycles. The lowest BCUT2D eigenvalue weighted by Gasteiger charge is -2.34. The first kappa shape index (κ1) is 20.5. The van der Waals surface area contributed by atoms with Crippen LogP contribution in [0.2, 0.25) is 5.15 Å². The third-order valence-electron chi connectivity index (χ3n) is 5.20. The lowest BCUT2D eigenvalue weighted by Crippen LogP contribution is -2.40. The third kappa shape index (κ3) is 3.69. The van der Waals surface area contributed by atoms with Crippen LogP contribution < -0.4 is 4.90 Å². The van der Waals surface area contributed by atoms with Crippen LogP contribution in [-0.2, 0) is 4.79 Å². The molecule has 2 atom stereocenters. The summed E-state index contributed by atoms with van der Waals surface area (Å²) in [6, 6.07) is 23.2. The molecular weight excluding hydrogens is 417 g/mol. The Kier molecular flexibility index (Phi) is 5.80. The maximum atomic E-state index is 13.5. The molecule has 2 unspecified atom stereocenters. The molecule has 6 heteroatoms. The fraction of sp³-hybridized carbons (Fsp3) is 0.167. The van der Waals surface area contributed by atoms with Crippen molar-refractivity contribution < 1.29 is 4.79 Å². The zero-order valence-electron chi connectivity index (χ0n) is 16.6. The number of aromatic nitrogens is 2. The second kappa shape index (κ2) is 8.50. The van der Waals surface area contributed by atoms with Gasteiger partial charge in [-0.15, -0.1) is 11.6 Å². The van der Waals surface area contributed by atoms with Gasteiger partial charge in [-0.25, -0.2) is 0 Å². The summed E-state index contributed by atoms with van der Waals surface area (Å²) in [6.45, 7) is 3.59. The Morgan fingerprint density at radius 1 is 1.00 bits per heavy atom. The molecule has 30 heavy (non-hydrogen) atoms. The van der Waals surface area contributed by atoms with Gasteiger partial charge in [0.25, 0.3) is 0 Å². The molecule has 0 fully saturated rings. The first-order valence-corrected chi connectivity index (χ1v) is 10.5. The molecule has 1 amide bonds. The predicted octanol–water partition coefficient (Wildman–Crippen LogP) is 6.27. The molecule has 4 rings (SSSR count). The zero-order valence-corrected chi connectivity index (χ0v) is 18.2. The standard InChI is InChI=1S/C24H21Cl2N3O/c1-15(25)24(30)29(20-14-8-12-17-9-6-7-13-19(17)20)22(18-10-4-3-5-11-18)21-16(2)27-28-23(21)26/h3-15,22H,1-2H3,(H,27,28). The SMILES string of the molecule is Cc1[nH]nc(Cl)c1C(c1ccccc1)N(C(=O)C(C)Cl)c1cccc2ccccc12. The highest BCUT2D eigenvalue weighted by atomic mass is 35.5. The first-order chi connectivity index (χ1) is 14.5. The Labute approximate surface area is 185 Å². The molecule has 0 radical (unpaired) electrons. The molecule has 4 nitrogen and oxygen atoms in total. The minimum atomic E-state index is -0.721. The number of hydrogen-bond donors (Lipinski definition) is 1. The van der Waals surface area contributed by atoms with Crippen LogP contribution in [0.1, 0.15) is 29.8 Å². The van der Waals surface area contributed by atoms with Crippen molar-refractivity contribution in [2.75, 3.05) is 4.90 Å². The summed E-state index contributed by atoms with van der Waals surface area (Å²) >= 11 is 12.9. The number of hydrogen-bond acceptors (Lipinski definition) is 2. The quantitative estimate of drug-likeness (QED) is 0.373. The monoisotopic (exact) mass is 437 g/mol. The molecule has 0 saturated carbocycles. The molecule has 0 aliphatic heterocycles. The summed E-state index contributed by atoms with van der Waals surface area (Å²) in [5, 5.41) is 8.73. The van der Waals surface area contributed by atoms with Gasteiger partial charge in [0, 0.05) is 16.6 Å². The number of anilines is 1. The van der Waals surface area contributed by atoms with Gasteiger partial charge in [-0.05, 0) is 30.9 Å². The summed E-state index contributed by atoms with van der Waals surface area (Å²) < 4.78 is 0. The predicted molar refractivity (Wildman–Crippen MR) is 123 cm³/mol. The van der Waals surface area contributed by atoms with Crippen molar-refractivity contribution in [1.82, 2.24) is 10.2 Å². The number of carbonyl (C=O) groups excluding carboxylic acids is 1. The maximum absolute atomic E-state index is 13.5. The van der Waals surface area contributed by atoms with Gasteiger partial charge in [0.1, 0.15) is 5.38 Å². The van der Waals surface area contributed by atoms with Gasteiger partial charge in [-0.1, -0.05) is 78.3 Å². The molecular formula is C24H21Cl2N3O. The van der Waals surface area contributed by atoms with E-state index in [1.165, 1.54) is 0 Å². The number of alkyl halides is 1. The fourth-order valence-electron chi connectivity index (χ4n) is 3.80. The van der Waals surface area contributed by atoms with Gasteiger partial charge in [0.15, 0.2) is 5.15 Å². The maximum Gasteiger partial charge on any atom is 0.245 e. The van der Waals surface area contributed by atoms with E-state index < -0.39 is 11.4 Å². The van der Waals surface area contributed by atoms with Crippen molar-refractivity contribution >= 4 is 45.6 Å². The number of nitrogens with one attached hydrogen (secondary N) is 1. The normalized spacial score (nSPS) is 13.2. The van der Waals surface area contributed by atoms with E-state index in [0.29, 0.717) is 5.15 Å². The molecule has 4 aromatic rings. The van der Waals surface area contributed by atoms with Crippen LogP contribution in [0, 0.1) is 6.92 Å². The molecule has 0 bridgehead atoms. The molecule has 1 aromatic heterocycles. The lowest BCUT2D eigenvalue weighted by molar-refractivity contribution is -0.118. The minimum absolute atomic E-state index is 0.210. The molecule has 3 aromatic carbocycles. The highest BCUT2D eigenvalue weighted by Gasteiger charge is 2.34. The molecule has 0 aliphatic carbocycles. The number of benzene rings is 3. The van der Waals surface area contributed by atoms with Gasteiger partial charge < -0.3 is 0 Å². The average Bonchev–Trinajstić information content (AvgIpc) is 3.09. The Bertz CT molecular complexity index is 1160. The van der Waals surface area contributed by atoms with Crippen molar-refractivity contribution in [3.05, 3.63) is 94.8 Å². The summed E-state index contributed by atoms with van der Waals surface area (Å²) in [6.07, 6.45) is 0. The molecule has 1 heterocycles. The van der Waals surface area contributed by atoms with Crippen molar-refractivity contribution in [1.29, 1.82) is 0 Å². The number of aryl methyl sites for hydroxylation is 1. The van der Waals surface area contributed by atoms with Crippen LogP contribution >= 0.6 is 23.2 Å². The summed E-state index contributed by atoms with van der Waals surface area (Å²) in [7, 11) is 0. The molecule has 0 spiro atoms. The van der Waals surface area contributed by atoms with Crippen molar-refractivity contribution in [3.63, 3.8) is 0 Å². The number of amides is 1. The number of nitrogens with zero attached hydrogens (tertiary/aromatic N) is 2. The summed E-state index contributed by atoms with van der Waals surface area (Å²) in [5.41, 5.74) is 3.24. The van der Waals surface area contributed by atoms with Gasteiger partial charge in [0.05, 0.1) is 11.7 Å².